The summed E-state index contributed by atoms with van der Waals surface area (Å²) >= 11 is 0. The van der Waals surface area contributed by atoms with Gasteiger partial charge in [-0.2, -0.15) is 0 Å². The van der Waals surface area contributed by atoms with Crippen LogP contribution in [0.25, 0.3) is 0 Å². The molecule has 38 heavy (non-hydrogen) atoms. The minimum Gasteiger partial charge on any atom is -0.493 e. The number of unbranched alkanes of at least 4 members (excludes halogenated alkanes) is 2. The molecule has 6 heteroatoms. The van der Waals surface area contributed by atoms with Crippen LogP contribution in [0, 0.1) is 5.41 Å². The monoisotopic (exact) mass is 517 g/mol. The van der Waals surface area contributed by atoms with E-state index in [1.54, 1.807) is 7.11 Å². The first-order chi connectivity index (χ1) is 18.2. The predicted octanol–water partition coefficient (Wildman–Crippen LogP) is 6.61. The molecule has 0 radical (unpaired) electrons. The number of esters is 1. The Hall–Kier alpha value is -3.54. The number of methoxy groups -OCH3 is 1. The van der Waals surface area contributed by atoms with Gasteiger partial charge in [-0.15, -0.1) is 0 Å². The summed E-state index contributed by atoms with van der Waals surface area (Å²) in [5.74, 6) is 0.287. The summed E-state index contributed by atoms with van der Waals surface area (Å²) in [6.07, 6.45) is 4.02. The van der Waals surface area contributed by atoms with E-state index >= 15 is 0 Å². The molecule has 0 amide bonds. The average molecular weight is 518 g/mol. The van der Waals surface area contributed by atoms with Gasteiger partial charge in [0.25, 0.3) is 0 Å². The summed E-state index contributed by atoms with van der Waals surface area (Å²) in [7, 11) is 1.60. The molecule has 0 unspecified atom stereocenters. The first kappa shape index (κ1) is 27.5. The highest BCUT2D eigenvalue weighted by molar-refractivity contribution is 6.04. The molecule has 1 heterocycles. The van der Waals surface area contributed by atoms with E-state index in [9.17, 15) is 9.59 Å². The van der Waals surface area contributed by atoms with E-state index in [0.29, 0.717) is 42.3 Å². The topological polar surface area (TPSA) is 73.9 Å². The van der Waals surface area contributed by atoms with Gasteiger partial charge < -0.3 is 19.5 Å². The third kappa shape index (κ3) is 6.12. The predicted molar refractivity (Wildman–Crippen MR) is 148 cm³/mol. The maximum Gasteiger partial charge on any atom is 0.336 e. The second-order valence-corrected chi connectivity index (χ2v) is 11.0. The summed E-state index contributed by atoms with van der Waals surface area (Å²) in [6, 6.07) is 15.6. The molecule has 2 aliphatic rings. The molecule has 0 aromatic heterocycles. The van der Waals surface area contributed by atoms with E-state index in [0.717, 1.165) is 48.2 Å². The van der Waals surface area contributed by atoms with Gasteiger partial charge in [0, 0.05) is 29.3 Å². The highest BCUT2D eigenvalue weighted by Crippen LogP contribution is 2.48. The van der Waals surface area contributed by atoms with Crippen LogP contribution in [0.1, 0.15) is 76.8 Å². The SMILES string of the molecule is CCCCCOC(=O)C1=C(C)NC2=C(C(=O)CC(C)(C)C2)[C@@H]1c1ccc(OCc2ccccc2)c(OC)c1. The minimum atomic E-state index is -0.536. The fraction of sp³-hybridized carbons (Fsp3) is 0.438. The van der Waals surface area contributed by atoms with Crippen molar-refractivity contribution in [1.82, 2.24) is 5.32 Å². The number of carbonyl (C=O) groups excluding carboxylic acids is 2. The Morgan fingerprint density at radius 2 is 1.82 bits per heavy atom. The molecule has 1 atom stereocenters. The second kappa shape index (κ2) is 11.9. The zero-order chi connectivity index (χ0) is 27.3. The Morgan fingerprint density at radius 3 is 2.53 bits per heavy atom. The number of hydrogen-bond acceptors (Lipinski definition) is 6. The fourth-order valence-corrected chi connectivity index (χ4v) is 5.35. The number of dihydropyridines is 1. The summed E-state index contributed by atoms with van der Waals surface area (Å²) in [6.45, 7) is 8.97. The van der Waals surface area contributed by atoms with E-state index in [4.69, 9.17) is 14.2 Å². The van der Waals surface area contributed by atoms with Crippen LogP contribution in [0.15, 0.2) is 71.1 Å². The van der Waals surface area contributed by atoms with E-state index in [2.05, 4.69) is 26.1 Å². The van der Waals surface area contributed by atoms with Gasteiger partial charge in [0.2, 0.25) is 0 Å². The van der Waals surface area contributed by atoms with Crippen molar-refractivity contribution in [2.24, 2.45) is 5.41 Å². The van der Waals surface area contributed by atoms with Crippen molar-refractivity contribution in [2.45, 2.75) is 72.3 Å². The summed E-state index contributed by atoms with van der Waals surface area (Å²) in [5, 5.41) is 3.40. The third-order valence-corrected chi connectivity index (χ3v) is 7.20. The lowest BCUT2D eigenvalue weighted by Gasteiger charge is -2.39. The Bertz CT molecular complexity index is 1240. The Kier molecular flexibility index (Phi) is 8.60. The molecule has 1 aliphatic carbocycles. The molecular formula is C32H39NO5. The largest absolute Gasteiger partial charge is 0.493 e. The van der Waals surface area contributed by atoms with Crippen molar-refractivity contribution in [1.29, 1.82) is 0 Å². The van der Waals surface area contributed by atoms with Crippen LogP contribution in [0.2, 0.25) is 0 Å². The first-order valence-electron chi connectivity index (χ1n) is 13.5. The molecule has 2 aromatic rings. The Labute approximate surface area is 226 Å². The number of hydrogen-bond donors (Lipinski definition) is 1. The standard InChI is InChI=1S/C32H39NO5/c1-6-7-11-16-37-31(35)28-21(2)33-24-18-32(3,4)19-25(34)30(24)29(28)23-14-15-26(27(17-23)36-5)38-20-22-12-9-8-10-13-22/h8-10,12-15,17,29,33H,6-7,11,16,18-20H2,1-5H3/t29-/m1/s1. The van der Waals surface area contributed by atoms with E-state index in [1.165, 1.54) is 0 Å². The molecular weight excluding hydrogens is 478 g/mol. The molecule has 0 bridgehead atoms. The number of benzene rings is 2. The van der Waals surface area contributed by atoms with Crippen molar-refractivity contribution in [3.63, 3.8) is 0 Å². The fourth-order valence-electron chi connectivity index (χ4n) is 5.35. The number of nitrogens with one attached hydrogen (secondary N) is 1. The summed E-state index contributed by atoms with van der Waals surface area (Å²) in [5.41, 5.74) is 4.44. The molecule has 0 saturated carbocycles. The Balaban J connectivity index is 1.71. The number of Topliss-reactive ketones (excluding diaryl/α,β-unsaturated/α-hetero) is 1. The highest BCUT2D eigenvalue weighted by atomic mass is 16.5. The number of rotatable bonds is 10. The highest BCUT2D eigenvalue weighted by Gasteiger charge is 2.43. The zero-order valence-corrected chi connectivity index (χ0v) is 23.2. The molecule has 202 valence electrons. The maximum atomic E-state index is 13.6. The molecule has 0 saturated heterocycles. The maximum absolute atomic E-state index is 13.6. The van der Waals surface area contributed by atoms with Crippen molar-refractivity contribution < 1.29 is 23.8 Å². The summed E-state index contributed by atoms with van der Waals surface area (Å²) in [4.78, 5) is 27.0. The molecule has 1 N–H and O–H groups in total. The van der Waals surface area contributed by atoms with E-state index < -0.39 is 5.92 Å². The van der Waals surface area contributed by atoms with Crippen molar-refractivity contribution in [2.75, 3.05) is 13.7 Å². The minimum absolute atomic E-state index is 0.0564. The molecule has 4 rings (SSSR count). The van der Waals surface area contributed by atoms with Crippen molar-refractivity contribution in [3.8, 4) is 11.5 Å². The third-order valence-electron chi connectivity index (χ3n) is 7.20. The van der Waals surface area contributed by atoms with Gasteiger partial charge in [-0.1, -0.05) is 70.0 Å². The molecule has 2 aromatic carbocycles. The van der Waals surface area contributed by atoms with Crippen LogP contribution < -0.4 is 14.8 Å². The van der Waals surface area contributed by atoms with Crippen molar-refractivity contribution in [3.05, 3.63) is 82.2 Å². The van der Waals surface area contributed by atoms with E-state index in [-0.39, 0.29) is 17.2 Å². The van der Waals surface area contributed by atoms with Gasteiger partial charge in [0.1, 0.15) is 6.61 Å². The average Bonchev–Trinajstić information content (AvgIpc) is 2.88. The first-order valence-corrected chi connectivity index (χ1v) is 13.5. The summed E-state index contributed by atoms with van der Waals surface area (Å²) < 4.78 is 17.5. The van der Waals surface area contributed by atoms with Gasteiger partial charge in [0.15, 0.2) is 17.3 Å². The van der Waals surface area contributed by atoms with Crippen LogP contribution in [0.5, 0.6) is 11.5 Å². The zero-order valence-electron chi connectivity index (χ0n) is 23.2. The normalized spacial score (nSPS) is 18.6. The smallest absolute Gasteiger partial charge is 0.336 e. The molecule has 0 spiro atoms. The van der Waals surface area contributed by atoms with Gasteiger partial charge in [-0.25, -0.2) is 4.79 Å². The van der Waals surface area contributed by atoms with Crippen LogP contribution in [0.4, 0.5) is 0 Å². The molecule has 0 fully saturated rings. The van der Waals surface area contributed by atoms with Crippen LogP contribution in [-0.2, 0) is 20.9 Å². The van der Waals surface area contributed by atoms with E-state index in [1.807, 2.05) is 55.5 Å². The number of ether oxygens (including phenoxy) is 3. The lowest BCUT2D eigenvalue weighted by Crippen LogP contribution is -2.38. The van der Waals surface area contributed by atoms with Gasteiger partial charge in [-0.05, 0) is 48.4 Å². The van der Waals surface area contributed by atoms with Crippen LogP contribution >= 0.6 is 0 Å². The van der Waals surface area contributed by atoms with Gasteiger partial charge >= 0.3 is 5.97 Å². The number of ketones is 1. The van der Waals surface area contributed by atoms with Gasteiger partial charge in [-0.3, -0.25) is 4.79 Å². The molecule has 1 aliphatic heterocycles. The van der Waals surface area contributed by atoms with Gasteiger partial charge in [0.05, 0.1) is 19.3 Å². The van der Waals surface area contributed by atoms with Crippen LogP contribution in [0.3, 0.4) is 0 Å². The quantitative estimate of drug-likeness (QED) is 0.282. The Morgan fingerprint density at radius 1 is 1.05 bits per heavy atom. The number of allylic oxidation sites excluding steroid dienone is 3. The molecule has 6 nitrogen and oxygen atoms in total. The van der Waals surface area contributed by atoms with Crippen LogP contribution in [-0.4, -0.2) is 25.5 Å². The second-order valence-electron chi connectivity index (χ2n) is 11.0. The lowest BCUT2D eigenvalue weighted by molar-refractivity contribution is -0.139. The number of carbonyl (C=O) groups is 2. The lowest BCUT2D eigenvalue weighted by atomic mass is 9.68. The van der Waals surface area contributed by atoms with Crippen molar-refractivity contribution >= 4 is 11.8 Å².